The van der Waals surface area contributed by atoms with Crippen molar-refractivity contribution in [3.63, 3.8) is 0 Å². The predicted molar refractivity (Wildman–Crippen MR) is 69.2 cm³/mol. The maximum absolute atomic E-state index is 6.16. The molecule has 1 aliphatic rings. The van der Waals surface area contributed by atoms with Crippen LogP contribution >= 0.6 is 22.6 Å². The highest BCUT2D eigenvalue weighted by molar-refractivity contribution is 14.1. The molecule has 0 amide bonds. The summed E-state index contributed by atoms with van der Waals surface area (Å²) < 4.78 is 7.24. The Kier molecular flexibility index (Phi) is 3.61. The van der Waals surface area contributed by atoms with Crippen LogP contribution in [0.3, 0.4) is 0 Å². The number of halogens is 1. The zero-order valence-corrected chi connectivity index (χ0v) is 11.1. The van der Waals surface area contributed by atoms with E-state index in [1.54, 1.807) is 0 Å². The molecule has 1 saturated heterocycles. The van der Waals surface area contributed by atoms with Gasteiger partial charge in [0.1, 0.15) is 0 Å². The second-order valence-electron chi connectivity index (χ2n) is 4.26. The third kappa shape index (κ3) is 2.50. The molecule has 2 atom stereocenters. The van der Waals surface area contributed by atoms with Crippen molar-refractivity contribution < 1.29 is 4.74 Å². The largest absolute Gasteiger partial charge is 0.367 e. The highest BCUT2D eigenvalue weighted by atomic mass is 127. The molecule has 0 N–H and O–H groups in total. The van der Waals surface area contributed by atoms with Gasteiger partial charge >= 0.3 is 0 Å². The Morgan fingerprint density at radius 2 is 2.53 bits per heavy atom. The van der Waals surface area contributed by atoms with Crippen LogP contribution in [0.2, 0.25) is 0 Å². The number of hydrogen-bond donors (Lipinski definition) is 0. The van der Waals surface area contributed by atoms with Crippen molar-refractivity contribution >= 4 is 22.6 Å². The molecular weight excluding hydrogens is 301 g/mol. The van der Waals surface area contributed by atoms with Crippen LogP contribution in [-0.4, -0.2) is 15.5 Å². The summed E-state index contributed by atoms with van der Waals surface area (Å²) in [7, 11) is 0. The number of hydrogen-bond acceptors (Lipinski definition) is 2. The first kappa shape index (κ1) is 11.3. The molecule has 2 unspecified atom stereocenters. The molecule has 3 heteroatoms. The fourth-order valence-electron chi connectivity index (χ4n) is 2.15. The van der Waals surface area contributed by atoms with E-state index in [0.29, 0.717) is 6.10 Å². The van der Waals surface area contributed by atoms with Crippen molar-refractivity contribution in [2.75, 3.05) is 4.43 Å². The van der Waals surface area contributed by atoms with Crippen LogP contribution in [0.15, 0.2) is 24.5 Å². The predicted octanol–water partition coefficient (Wildman–Crippen LogP) is 3.30. The van der Waals surface area contributed by atoms with Gasteiger partial charge in [0.2, 0.25) is 0 Å². The summed E-state index contributed by atoms with van der Waals surface area (Å²) >= 11 is 2.40. The summed E-state index contributed by atoms with van der Waals surface area (Å²) in [5.74, 6) is 0. The maximum Gasteiger partial charge on any atom is 0.0922 e. The monoisotopic (exact) mass is 317 g/mol. The lowest BCUT2D eigenvalue weighted by atomic mass is 9.88. The van der Waals surface area contributed by atoms with E-state index in [1.165, 1.54) is 18.4 Å². The molecule has 1 aromatic heterocycles. The molecule has 1 aromatic rings. The Balaban J connectivity index is 2.19. The molecule has 2 heterocycles. The van der Waals surface area contributed by atoms with Crippen molar-refractivity contribution in [3.8, 4) is 0 Å². The normalized spacial score (nSPS) is 31.5. The van der Waals surface area contributed by atoms with Gasteiger partial charge in [-0.2, -0.15) is 0 Å². The Morgan fingerprint density at radius 1 is 1.67 bits per heavy atom. The smallest absolute Gasteiger partial charge is 0.0922 e. The van der Waals surface area contributed by atoms with Crippen LogP contribution in [0.1, 0.15) is 31.7 Å². The summed E-state index contributed by atoms with van der Waals surface area (Å²) in [5.41, 5.74) is 1.09. The van der Waals surface area contributed by atoms with Crippen molar-refractivity contribution in [3.05, 3.63) is 30.1 Å². The quantitative estimate of drug-likeness (QED) is 0.617. The third-order valence-electron chi connectivity index (χ3n) is 3.05. The van der Waals surface area contributed by atoms with Crippen molar-refractivity contribution in [1.29, 1.82) is 0 Å². The lowest BCUT2D eigenvalue weighted by Crippen LogP contribution is -2.36. The lowest BCUT2D eigenvalue weighted by molar-refractivity contribution is -0.112. The Bertz CT molecular complexity index is 317. The Labute approximate surface area is 105 Å². The number of ether oxygens (including phenoxy) is 1. The molecular formula is C12H16INO. The second-order valence-corrected chi connectivity index (χ2v) is 5.14. The zero-order valence-electron chi connectivity index (χ0n) is 8.95. The molecule has 0 aliphatic carbocycles. The van der Waals surface area contributed by atoms with E-state index in [2.05, 4.69) is 40.6 Å². The van der Waals surface area contributed by atoms with Crippen molar-refractivity contribution in [1.82, 2.24) is 4.98 Å². The molecule has 0 saturated carbocycles. The van der Waals surface area contributed by atoms with Gasteiger partial charge < -0.3 is 4.74 Å². The molecule has 82 valence electrons. The average Bonchev–Trinajstić information content (AvgIpc) is 2.30. The van der Waals surface area contributed by atoms with E-state index in [4.69, 9.17) is 4.74 Å². The summed E-state index contributed by atoms with van der Waals surface area (Å²) in [6.45, 7) is 2.18. The third-order valence-corrected chi connectivity index (χ3v) is 4.03. The molecule has 1 aliphatic heterocycles. The van der Waals surface area contributed by atoms with Crippen LogP contribution < -0.4 is 0 Å². The molecule has 2 rings (SSSR count). The number of aromatic nitrogens is 1. The number of alkyl halides is 1. The highest BCUT2D eigenvalue weighted by Gasteiger charge is 2.34. The van der Waals surface area contributed by atoms with Crippen LogP contribution in [0, 0.1) is 0 Å². The van der Waals surface area contributed by atoms with Crippen LogP contribution in [0.25, 0.3) is 0 Å². The van der Waals surface area contributed by atoms with E-state index in [-0.39, 0.29) is 5.60 Å². The first-order valence-corrected chi connectivity index (χ1v) is 6.91. The maximum atomic E-state index is 6.16. The molecule has 0 radical (unpaired) electrons. The van der Waals surface area contributed by atoms with Gasteiger partial charge in [-0.25, -0.2) is 0 Å². The van der Waals surface area contributed by atoms with E-state index in [1.807, 2.05) is 18.5 Å². The van der Waals surface area contributed by atoms with Gasteiger partial charge in [0, 0.05) is 22.4 Å². The fraction of sp³-hybridized carbons (Fsp3) is 0.583. The first-order chi connectivity index (χ1) is 7.24. The number of nitrogens with zero attached hydrogens (tertiary/aromatic N) is 1. The van der Waals surface area contributed by atoms with Gasteiger partial charge in [0.05, 0.1) is 11.7 Å². The van der Waals surface area contributed by atoms with Gasteiger partial charge in [-0.15, -0.1) is 0 Å². The summed E-state index contributed by atoms with van der Waals surface area (Å²) in [5, 5.41) is 0. The van der Waals surface area contributed by atoms with Crippen LogP contribution in [0.4, 0.5) is 0 Å². The summed E-state index contributed by atoms with van der Waals surface area (Å²) in [6, 6.07) is 4.10. The minimum Gasteiger partial charge on any atom is -0.367 e. The first-order valence-electron chi connectivity index (χ1n) is 5.39. The van der Waals surface area contributed by atoms with Gasteiger partial charge in [0.15, 0.2) is 0 Å². The second kappa shape index (κ2) is 4.78. The molecule has 0 bridgehead atoms. The molecule has 1 fully saturated rings. The Morgan fingerprint density at radius 3 is 3.20 bits per heavy atom. The van der Waals surface area contributed by atoms with Gasteiger partial charge in [-0.1, -0.05) is 28.7 Å². The standard InChI is InChI=1S/C12H16INO/c1-12(10-4-3-7-14-9-10)6-2-5-11(8-13)15-12/h3-4,7,9,11H,2,5-6,8H2,1H3. The lowest BCUT2D eigenvalue weighted by Gasteiger charge is -2.38. The highest BCUT2D eigenvalue weighted by Crippen LogP contribution is 2.37. The van der Waals surface area contributed by atoms with Crippen molar-refractivity contribution in [2.45, 2.75) is 37.9 Å². The average molecular weight is 317 g/mol. The Hall–Kier alpha value is -0.160. The molecule has 2 nitrogen and oxygen atoms in total. The molecule has 0 spiro atoms. The topological polar surface area (TPSA) is 22.1 Å². The SMILES string of the molecule is CC1(c2cccnc2)CCCC(CI)O1. The van der Waals surface area contributed by atoms with Crippen LogP contribution in [-0.2, 0) is 10.3 Å². The number of pyridine rings is 1. The van der Waals surface area contributed by atoms with Gasteiger partial charge in [0.25, 0.3) is 0 Å². The summed E-state index contributed by atoms with van der Waals surface area (Å²) in [4.78, 5) is 4.17. The fourth-order valence-corrected chi connectivity index (χ4v) is 2.77. The molecule has 0 aromatic carbocycles. The van der Waals surface area contributed by atoms with E-state index < -0.39 is 0 Å². The minimum absolute atomic E-state index is 0.123. The van der Waals surface area contributed by atoms with Crippen molar-refractivity contribution in [2.24, 2.45) is 0 Å². The zero-order chi connectivity index (χ0) is 10.7. The number of rotatable bonds is 2. The summed E-state index contributed by atoms with van der Waals surface area (Å²) in [6.07, 6.45) is 7.69. The van der Waals surface area contributed by atoms with E-state index in [0.717, 1.165) is 10.8 Å². The van der Waals surface area contributed by atoms with Gasteiger partial charge in [-0.05, 0) is 32.3 Å². The van der Waals surface area contributed by atoms with E-state index in [9.17, 15) is 0 Å². The minimum atomic E-state index is -0.123. The molecule has 15 heavy (non-hydrogen) atoms. The van der Waals surface area contributed by atoms with E-state index >= 15 is 0 Å². The van der Waals surface area contributed by atoms with Crippen LogP contribution in [0.5, 0.6) is 0 Å². The van der Waals surface area contributed by atoms with Gasteiger partial charge in [-0.3, -0.25) is 4.98 Å².